The van der Waals surface area contributed by atoms with Gasteiger partial charge in [-0.1, -0.05) is 30.3 Å². The predicted octanol–water partition coefficient (Wildman–Crippen LogP) is 4.62. The summed E-state index contributed by atoms with van der Waals surface area (Å²) in [6, 6.07) is 17.2. The zero-order chi connectivity index (χ0) is 31.9. The summed E-state index contributed by atoms with van der Waals surface area (Å²) in [6.45, 7) is -0.249. The van der Waals surface area contributed by atoms with Gasteiger partial charge in [0.1, 0.15) is 23.7 Å². The number of alkyl halides is 3. The van der Waals surface area contributed by atoms with Gasteiger partial charge in [0.05, 0.1) is 28.9 Å². The number of methoxy groups -OCH3 is 1. The van der Waals surface area contributed by atoms with Crippen LogP contribution < -0.4 is 14.8 Å². The molecule has 0 aromatic heterocycles. The standard InChI is InChI=1S/C32H32F3IN2O6/c1-43-26-8-4-2-6-20(26)14-16-38(31(42)21-10-12-23(13-11-21)32(33,34)35)25-18-22(30(41)37-15-17-39)19-28(29(25)40)44-27-9-5-3-7-24(27)36/h2-13,19,25,28-29,39-40H,14-18H2,1H3,(H,37,41). The second-order valence-electron chi connectivity index (χ2n) is 10.1. The maximum absolute atomic E-state index is 14.0. The normalized spacial score (nSPS) is 18.2. The number of carbonyl (C=O) groups excluding carboxylic acids is 2. The van der Waals surface area contributed by atoms with E-state index in [1.165, 1.54) is 18.1 Å². The average molecular weight is 725 g/mol. The maximum atomic E-state index is 14.0. The van der Waals surface area contributed by atoms with Crippen molar-refractivity contribution in [2.75, 3.05) is 26.8 Å². The molecule has 0 bridgehead atoms. The minimum Gasteiger partial charge on any atom is -0.496 e. The molecule has 4 rings (SSSR count). The summed E-state index contributed by atoms with van der Waals surface area (Å²) in [6.07, 6.45) is -5.21. The highest BCUT2D eigenvalue weighted by Crippen LogP contribution is 2.32. The first-order chi connectivity index (χ1) is 21.0. The Morgan fingerprint density at radius 2 is 1.68 bits per heavy atom. The van der Waals surface area contributed by atoms with E-state index in [4.69, 9.17) is 9.47 Å². The molecule has 3 N–H and O–H groups in total. The SMILES string of the molecule is COc1ccccc1CCN(C(=O)c1ccc(C(F)(F)F)cc1)C1CC(C(=O)NCCO)=CC(Oc2ccccc2I)C1O. The molecule has 0 heterocycles. The Bertz CT molecular complexity index is 1480. The number of nitrogens with zero attached hydrogens (tertiary/aromatic N) is 1. The van der Waals surface area contributed by atoms with Gasteiger partial charge in [0, 0.05) is 30.6 Å². The highest BCUT2D eigenvalue weighted by atomic mass is 127. The number of nitrogens with one attached hydrogen (secondary N) is 1. The van der Waals surface area contributed by atoms with Crippen LogP contribution in [0.2, 0.25) is 0 Å². The molecule has 3 unspecified atom stereocenters. The number of aliphatic hydroxyl groups is 2. The Hall–Kier alpha value is -3.62. The Morgan fingerprint density at radius 1 is 1.02 bits per heavy atom. The van der Waals surface area contributed by atoms with Crippen LogP contribution in [0.3, 0.4) is 0 Å². The van der Waals surface area contributed by atoms with E-state index in [-0.39, 0.29) is 43.7 Å². The quantitative estimate of drug-likeness (QED) is 0.250. The van der Waals surface area contributed by atoms with Crippen molar-refractivity contribution in [2.24, 2.45) is 0 Å². The number of para-hydroxylation sites is 2. The largest absolute Gasteiger partial charge is 0.496 e. The monoisotopic (exact) mass is 724 g/mol. The number of rotatable bonds is 11. The fraction of sp³-hybridized carbons (Fsp3) is 0.312. The van der Waals surface area contributed by atoms with E-state index in [1.807, 2.05) is 24.3 Å². The van der Waals surface area contributed by atoms with Crippen molar-refractivity contribution in [1.29, 1.82) is 0 Å². The summed E-state index contributed by atoms with van der Waals surface area (Å²) in [5, 5.41) is 23.5. The zero-order valence-electron chi connectivity index (χ0n) is 23.8. The second-order valence-corrected chi connectivity index (χ2v) is 11.2. The first-order valence-corrected chi connectivity index (χ1v) is 14.9. The first kappa shape index (κ1) is 33.3. The Labute approximate surface area is 266 Å². The van der Waals surface area contributed by atoms with Crippen LogP contribution in [-0.4, -0.2) is 72.0 Å². The molecule has 0 aliphatic heterocycles. The van der Waals surface area contributed by atoms with Crippen molar-refractivity contribution < 1.29 is 42.4 Å². The van der Waals surface area contributed by atoms with E-state index >= 15 is 0 Å². The first-order valence-electron chi connectivity index (χ1n) is 13.8. The number of benzene rings is 3. The van der Waals surface area contributed by atoms with Gasteiger partial charge in [0.15, 0.2) is 0 Å². The van der Waals surface area contributed by atoms with Crippen LogP contribution in [0.1, 0.15) is 27.9 Å². The number of hydrogen-bond donors (Lipinski definition) is 3. The molecule has 0 spiro atoms. The lowest BCUT2D eigenvalue weighted by Crippen LogP contribution is -2.55. The van der Waals surface area contributed by atoms with Gasteiger partial charge in [-0.25, -0.2) is 0 Å². The molecule has 3 aromatic carbocycles. The van der Waals surface area contributed by atoms with Crippen LogP contribution in [0.4, 0.5) is 13.2 Å². The molecular formula is C32H32F3IN2O6. The van der Waals surface area contributed by atoms with Crippen LogP contribution in [0.15, 0.2) is 84.4 Å². The summed E-state index contributed by atoms with van der Waals surface area (Å²) >= 11 is 2.08. The van der Waals surface area contributed by atoms with Crippen LogP contribution in [0.25, 0.3) is 0 Å². The number of halogens is 4. The van der Waals surface area contributed by atoms with E-state index in [2.05, 4.69) is 27.9 Å². The molecule has 3 atom stereocenters. The number of amides is 2. The smallest absolute Gasteiger partial charge is 0.416 e. The van der Waals surface area contributed by atoms with Gasteiger partial charge in [-0.3, -0.25) is 9.59 Å². The van der Waals surface area contributed by atoms with E-state index < -0.39 is 41.8 Å². The van der Waals surface area contributed by atoms with Crippen LogP contribution in [-0.2, 0) is 17.4 Å². The molecule has 3 aromatic rings. The van der Waals surface area contributed by atoms with E-state index in [0.717, 1.165) is 33.4 Å². The molecule has 0 saturated heterocycles. The summed E-state index contributed by atoms with van der Waals surface area (Å²) in [4.78, 5) is 28.4. The van der Waals surface area contributed by atoms with Gasteiger partial charge in [0.2, 0.25) is 5.91 Å². The van der Waals surface area contributed by atoms with E-state index in [0.29, 0.717) is 11.5 Å². The molecule has 0 radical (unpaired) electrons. The summed E-state index contributed by atoms with van der Waals surface area (Å²) < 4.78 is 52.1. The van der Waals surface area contributed by atoms with E-state index in [9.17, 15) is 33.0 Å². The Kier molecular flexibility index (Phi) is 11.3. The van der Waals surface area contributed by atoms with Gasteiger partial charge in [-0.15, -0.1) is 0 Å². The summed E-state index contributed by atoms with van der Waals surface area (Å²) in [5.41, 5.74) is 0.0889. The molecular weight excluding hydrogens is 692 g/mol. The number of ether oxygens (including phenoxy) is 2. The third-order valence-electron chi connectivity index (χ3n) is 7.25. The van der Waals surface area contributed by atoms with Crippen molar-refractivity contribution in [1.82, 2.24) is 10.2 Å². The molecule has 8 nitrogen and oxygen atoms in total. The third-order valence-corrected chi connectivity index (χ3v) is 8.14. The Balaban J connectivity index is 1.73. The molecule has 0 saturated carbocycles. The van der Waals surface area contributed by atoms with Crippen molar-refractivity contribution in [3.05, 3.63) is 105 Å². The van der Waals surface area contributed by atoms with Gasteiger partial charge in [-0.05, 0) is 83.1 Å². The Morgan fingerprint density at radius 3 is 2.32 bits per heavy atom. The average Bonchev–Trinajstić information content (AvgIpc) is 3.02. The topological polar surface area (TPSA) is 108 Å². The lowest BCUT2D eigenvalue weighted by atomic mass is 9.87. The van der Waals surface area contributed by atoms with Gasteiger partial charge in [-0.2, -0.15) is 13.2 Å². The highest BCUT2D eigenvalue weighted by molar-refractivity contribution is 14.1. The molecule has 2 amide bonds. The molecule has 44 heavy (non-hydrogen) atoms. The molecule has 0 fully saturated rings. The van der Waals surface area contributed by atoms with Crippen molar-refractivity contribution in [2.45, 2.75) is 37.3 Å². The second kappa shape index (κ2) is 14.9. The van der Waals surface area contributed by atoms with Crippen LogP contribution in [0, 0.1) is 3.57 Å². The lowest BCUT2D eigenvalue weighted by Gasteiger charge is -2.40. The minimum absolute atomic E-state index is 0.00645. The molecule has 1 aliphatic rings. The lowest BCUT2D eigenvalue weighted by molar-refractivity contribution is -0.137. The molecule has 1 aliphatic carbocycles. The van der Waals surface area contributed by atoms with Gasteiger partial charge < -0.3 is 29.9 Å². The van der Waals surface area contributed by atoms with Gasteiger partial charge >= 0.3 is 6.18 Å². The highest BCUT2D eigenvalue weighted by Gasteiger charge is 2.41. The fourth-order valence-electron chi connectivity index (χ4n) is 5.00. The van der Waals surface area contributed by atoms with Gasteiger partial charge in [0.25, 0.3) is 5.91 Å². The van der Waals surface area contributed by atoms with E-state index in [1.54, 1.807) is 24.3 Å². The van der Waals surface area contributed by atoms with Crippen LogP contribution in [0.5, 0.6) is 11.5 Å². The number of carbonyl (C=O) groups is 2. The molecule has 12 heteroatoms. The predicted molar refractivity (Wildman–Crippen MR) is 165 cm³/mol. The zero-order valence-corrected chi connectivity index (χ0v) is 25.9. The van der Waals surface area contributed by atoms with Crippen molar-refractivity contribution in [3.63, 3.8) is 0 Å². The minimum atomic E-state index is -4.58. The number of hydrogen-bond acceptors (Lipinski definition) is 6. The fourth-order valence-corrected chi connectivity index (χ4v) is 5.52. The van der Waals surface area contributed by atoms with Crippen molar-refractivity contribution >= 4 is 34.4 Å². The third kappa shape index (κ3) is 8.10. The van der Waals surface area contributed by atoms with Crippen molar-refractivity contribution in [3.8, 4) is 11.5 Å². The van der Waals surface area contributed by atoms with Crippen LogP contribution >= 0.6 is 22.6 Å². The molecule has 234 valence electrons. The number of aliphatic hydroxyl groups excluding tert-OH is 2. The summed E-state index contributed by atoms with van der Waals surface area (Å²) in [7, 11) is 1.52. The summed E-state index contributed by atoms with van der Waals surface area (Å²) in [5.74, 6) is -0.0806. The maximum Gasteiger partial charge on any atom is 0.416 e.